The van der Waals surface area contributed by atoms with E-state index in [0.29, 0.717) is 23.9 Å². The van der Waals surface area contributed by atoms with Gasteiger partial charge < -0.3 is 15.2 Å². The van der Waals surface area contributed by atoms with Crippen LogP contribution in [0.15, 0.2) is 6.20 Å². The monoisotopic (exact) mass is 349 g/mol. The summed E-state index contributed by atoms with van der Waals surface area (Å²) in [6.07, 6.45) is 10.2. The van der Waals surface area contributed by atoms with Crippen LogP contribution in [0.1, 0.15) is 73.5 Å². The molecule has 6 nitrogen and oxygen atoms in total. The van der Waals surface area contributed by atoms with Crippen LogP contribution in [0.5, 0.6) is 0 Å². The molecule has 1 aromatic rings. The second-order valence-electron chi connectivity index (χ2n) is 7.42. The van der Waals surface area contributed by atoms with Gasteiger partial charge in [0.25, 0.3) is 5.91 Å². The summed E-state index contributed by atoms with van der Waals surface area (Å²) in [5, 5.41) is 17.1. The molecule has 2 fully saturated rings. The van der Waals surface area contributed by atoms with Gasteiger partial charge in [-0.15, -0.1) is 0 Å². The van der Waals surface area contributed by atoms with E-state index in [4.69, 9.17) is 4.74 Å². The number of nitrogens with zero attached hydrogens (tertiary/aromatic N) is 2. The Kier molecular flexibility index (Phi) is 6.48. The van der Waals surface area contributed by atoms with Gasteiger partial charge in [0.1, 0.15) is 0 Å². The molecule has 2 N–H and O–H groups in total. The largest absolute Gasteiger partial charge is 0.396 e. The smallest absolute Gasteiger partial charge is 0.254 e. The number of rotatable bonds is 6. The van der Waals surface area contributed by atoms with Crippen molar-refractivity contribution in [2.24, 2.45) is 5.92 Å². The molecule has 1 amide bonds. The minimum absolute atomic E-state index is 0.0557. The average molecular weight is 349 g/mol. The molecule has 1 unspecified atom stereocenters. The molecule has 2 heterocycles. The van der Waals surface area contributed by atoms with Gasteiger partial charge >= 0.3 is 0 Å². The van der Waals surface area contributed by atoms with Crippen molar-refractivity contribution in [3.8, 4) is 0 Å². The van der Waals surface area contributed by atoms with E-state index in [9.17, 15) is 9.90 Å². The molecule has 140 valence electrons. The number of amides is 1. The highest BCUT2D eigenvalue weighted by atomic mass is 16.5. The second kappa shape index (κ2) is 8.81. The van der Waals surface area contributed by atoms with E-state index in [-0.39, 0.29) is 18.6 Å². The maximum Gasteiger partial charge on any atom is 0.254 e. The number of hydrogen-bond donors (Lipinski definition) is 2. The molecule has 1 saturated heterocycles. The van der Waals surface area contributed by atoms with Crippen molar-refractivity contribution >= 4 is 5.91 Å². The van der Waals surface area contributed by atoms with Gasteiger partial charge in [0.2, 0.25) is 0 Å². The molecule has 0 radical (unpaired) electrons. The Labute approximate surface area is 149 Å². The minimum atomic E-state index is -0.0557. The number of hydrogen-bond acceptors (Lipinski definition) is 4. The summed E-state index contributed by atoms with van der Waals surface area (Å²) < 4.78 is 7.40. The Morgan fingerprint density at radius 1 is 1.32 bits per heavy atom. The highest BCUT2D eigenvalue weighted by Gasteiger charge is 2.27. The Bertz CT molecular complexity index is 560. The van der Waals surface area contributed by atoms with Crippen molar-refractivity contribution in [3.05, 3.63) is 17.5 Å². The lowest BCUT2D eigenvalue weighted by molar-refractivity contribution is 0.0656. The highest BCUT2D eigenvalue weighted by molar-refractivity contribution is 5.95. The fraction of sp³-hybridized carbons (Fsp3) is 0.789. The van der Waals surface area contributed by atoms with Crippen molar-refractivity contribution < 1.29 is 14.6 Å². The van der Waals surface area contributed by atoms with Gasteiger partial charge in [-0.3, -0.25) is 9.48 Å². The molecule has 1 aromatic heterocycles. The second-order valence-corrected chi connectivity index (χ2v) is 7.42. The quantitative estimate of drug-likeness (QED) is 0.828. The third-order valence-corrected chi connectivity index (χ3v) is 5.80. The highest BCUT2D eigenvalue weighted by Crippen LogP contribution is 2.28. The Balaban J connectivity index is 1.67. The van der Waals surface area contributed by atoms with Crippen LogP contribution in [-0.2, 0) is 4.74 Å². The van der Waals surface area contributed by atoms with Gasteiger partial charge in [0.15, 0.2) is 0 Å². The summed E-state index contributed by atoms with van der Waals surface area (Å²) >= 11 is 0. The molecule has 1 aliphatic carbocycles. The van der Waals surface area contributed by atoms with E-state index < -0.39 is 0 Å². The van der Waals surface area contributed by atoms with Crippen molar-refractivity contribution in [2.45, 2.75) is 70.4 Å². The van der Waals surface area contributed by atoms with Crippen LogP contribution < -0.4 is 5.32 Å². The molecule has 6 heteroatoms. The van der Waals surface area contributed by atoms with Crippen LogP contribution in [0.4, 0.5) is 0 Å². The van der Waals surface area contributed by atoms with Gasteiger partial charge in [-0.05, 0) is 44.9 Å². The summed E-state index contributed by atoms with van der Waals surface area (Å²) in [5.74, 6) is 0.426. The number of carbonyl (C=O) groups excluding carboxylic acids is 1. The zero-order valence-electron chi connectivity index (χ0n) is 15.2. The standard InChI is InChI=1S/C19H31N3O3/c1-14-17(13-20-22(14)16-8-11-25-12-9-16)19(24)21-18(7-10-23)15-5-3-2-4-6-15/h13,15-16,18,23H,2-12H2,1H3,(H,21,24). The maximum absolute atomic E-state index is 12.8. The molecule has 1 atom stereocenters. The lowest BCUT2D eigenvalue weighted by Gasteiger charge is -2.30. The lowest BCUT2D eigenvalue weighted by Crippen LogP contribution is -2.42. The topological polar surface area (TPSA) is 76.4 Å². The summed E-state index contributed by atoms with van der Waals surface area (Å²) in [5.41, 5.74) is 1.58. The molecular weight excluding hydrogens is 318 g/mol. The summed E-state index contributed by atoms with van der Waals surface area (Å²) in [7, 11) is 0. The van der Waals surface area contributed by atoms with Gasteiger partial charge in [-0.2, -0.15) is 5.10 Å². The minimum Gasteiger partial charge on any atom is -0.396 e. The molecule has 2 aliphatic rings. The average Bonchev–Trinajstić information content (AvgIpc) is 3.04. The first-order chi connectivity index (χ1) is 12.2. The normalized spacial score (nSPS) is 21.2. The summed E-state index contributed by atoms with van der Waals surface area (Å²) in [6, 6.07) is 0.380. The van der Waals surface area contributed by atoms with Gasteiger partial charge in [0.05, 0.1) is 17.8 Å². The van der Waals surface area contributed by atoms with Crippen LogP contribution >= 0.6 is 0 Å². The first-order valence-electron chi connectivity index (χ1n) is 9.74. The number of aliphatic hydroxyl groups excluding tert-OH is 1. The molecule has 3 rings (SSSR count). The van der Waals surface area contributed by atoms with Gasteiger partial charge in [-0.25, -0.2) is 0 Å². The molecule has 0 aromatic carbocycles. The first-order valence-corrected chi connectivity index (χ1v) is 9.74. The van der Waals surface area contributed by atoms with Gasteiger partial charge in [0, 0.05) is 31.6 Å². The van der Waals surface area contributed by atoms with Crippen LogP contribution in [0.25, 0.3) is 0 Å². The van der Waals surface area contributed by atoms with E-state index >= 15 is 0 Å². The molecule has 1 aliphatic heterocycles. The number of nitrogens with one attached hydrogen (secondary N) is 1. The van der Waals surface area contributed by atoms with Crippen LogP contribution in [0.2, 0.25) is 0 Å². The fourth-order valence-corrected chi connectivity index (χ4v) is 4.29. The number of aromatic nitrogens is 2. The predicted molar refractivity (Wildman–Crippen MR) is 95.6 cm³/mol. The van der Waals surface area contributed by atoms with Crippen molar-refractivity contribution in [1.29, 1.82) is 0 Å². The lowest BCUT2D eigenvalue weighted by atomic mass is 9.82. The summed E-state index contributed by atoms with van der Waals surface area (Å²) in [6.45, 7) is 3.60. The third kappa shape index (κ3) is 4.42. The van der Waals surface area contributed by atoms with Crippen LogP contribution in [0, 0.1) is 12.8 Å². The predicted octanol–water partition coefficient (Wildman–Crippen LogP) is 2.60. The molecule has 1 saturated carbocycles. The fourth-order valence-electron chi connectivity index (χ4n) is 4.29. The van der Waals surface area contributed by atoms with Crippen LogP contribution in [-0.4, -0.2) is 46.7 Å². The van der Waals surface area contributed by atoms with E-state index in [0.717, 1.165) is 44.6 Å². The molecule has 0 spiro atoms. The van der Waals surface area contributed by atoms with E-state index in [2.05, 4.69) is 10.4 Å². The zero-order valence-corrected chi connectivity index (χ0v) is 15.2. The molecule has 0 bridgehead atoms. The van der Waals surface area contributed by atoms with Crippen LogP contribution in [0.3, 0.4) is 0 Å². The first kappa shape index (κ1) is 18.4. The SMILES string of the molecule is Cc1c(C(=O)NC(CCO)C2CCCCC2)cnn1C1CCOCC1. The Hall–Kier alpha value is -1.40. The Morgan fingerprint density at radius 2 is 2.04 bits per heavy atom. The maximum atomic E-state index is 12.8. The van der Waals surface area contributed by atoms with E-state index in [1.165, 1.54) is 19.3 Å². The van der Waals surface area contributed by atoms with E-state index in [1.54, 1.807) is 6.20 Å². The Morgan fingerprint density at radius 3 is 2.72 bits per heavy atom. The van der Waals surface area contributed by atoms with Crippen molar-refractivity contribution in [1.82, 2.24) is 15.1 Å². The zero-order chi connectivity index (χ0) is 17.6. The molecular formula is C19H31N3O3. The number of ether oxygens (including phenoxy) is 1. The molecule has 25 heavy (non-hydrogen) atoms. The van der Waals surface area contributed by atoms with E-state index in [1.807, 2.05) is 11.6 Å². The van der Waals surface area contributed by atoms with Crippen molar-refractivity contribution in [3.63, 3.8) is 0 Å². The van der Waals surface area contributed by atoms with Gasteiger partial charge in [-0.1, -0.05) is 19.3 Å². The number of carbonyl (C=O) groups is 1. The third-order valence-electron chi connectivity index (χ3n) is 5.80. The number of aliphatic hydroxyl groups is 1. The van der Waals surface area contributed by atoms with Crippen molar-refractivity contribution in [2.75, 3.05) is 19.8 Å². The summed E-state index contributed by atoms with van der Waals surface area (Å²) in [4.78, 5) is 12.8.